The first kappa shape index (κ1) is 27.3. The second-order valence-electron chi connectivity index (χ2n) is 10.1. The van der Waals surface area contributed by atoms with Crippen molar-refractivity contribution in [2.24, 2.45) is 0 Å². The average molecular weight is 477 g/mol. The minimum atomic E-state index is 0.875. The summed E-state index contributed by atoms with van der Waals surface area (Å²) in [5, 5.41) is 6.06. The first-order valence-corrected chi connectivity index (χ1v) is 14.4. The number of para-hydroxylation sites is 1. The van der Waals surface area contributed by atoms with Gasteiger partial charge < -0.3 is 10.1 Å². The van der Waals surface area contributed by atoms with Gasteiger partial charge in [-0.15, -0.1) is 0 Å². The Morgan fingerprint density at radius 3 is 1.77 bits per heavy atom. The molecule has 0 bridgehead atoms. The number of unbranched alkanes of at least 4 members (excludes halogenated alkanes) is 15. The third-order valence-corrected chi connectivity index (χ3v) is 7.22. The van der Waals surface area contributed by atoms with Crippen molar-refractivity contribution in [3.63, 3.8) is 0 Å². The van der Waals surface area contributed by atoms with Crippen molar-refractivity contribution >= 4 is 27.5 Å². The van der Waals surface area contributed by atoms with E-state index < -0.39 is 0 Å². The Morgan fingerprint density at radius 1 is 0.629 bits per heavy atom. The highest BCUT2D eigenvalue weighted by atomic mass is 16.5. The number of ether oxygens (including phenoxy) is 1. The number of aromatic nitrogens is 1. The highest BCUT2D eigenvalue weighted by molar-refractivity contribution is 6.07. The summed E-state index contributed by atoms with van der Waals surface area (Å²) in [5.74, 6) is 0.875. The Labute approximate surface area is 214 Å². The van der Waals surface area contributed by atoms with E-state index in [9.17, 15) is 0 Å². The summed E-state index contributed by atoms with van der Waals surface area (Å²) in [4.78, 5) is 4.85. The summed E-state index contributed by atoms with van der Waals surface area (Å²) < 4.78 is 5.47. The number of methoxy groups -OCH3 is 1. The van der Waals surface area contributed by atoms with E-state index in [0.717, 1.165) is 28.7 Å². The van der Waals surface area contributed by atoms with Crippen LogP contribution < -0.4 is 10.1 Å². The third-order valence-electron chi connectivity index (χ3n) is 7.22. The van der Waals surface area contributed by atoms with E-state index in [1.54, 1.807) is 7.11 Å². The minimum absolute atomic E-state index is 0.875. The van der Waals surface area contributed by atoms with Gasteiger partial charge in [0.05, 0.1) is 23.8 Å². The Hall–Kier alpha value is -2.29. The zero-order chi connectivity index (χ0) is 24.6. The molecule has 1 N–H and O–H groups in total. The van der Waals surface area contributed by atoms with Gasteiger partial charge in [0, 0.05) is 17.3 Å². The lowest BCUT2D eigenvalue weighted by molar-refractivity contribution is 0.415. The summed E-state index contributed by atoms with van der Waals surface area (Å²) >= 11 is 0. The quantitative estimate of drug-likeness (QED) is 0.138. The molecule has 0 spiro atoms. The smallest absolute Gasteiger partial charge is 0.119 e. The Bertz CT molecular complexity index is 984. The predicted octanol–water partition coefficient (Wildman–Crippen LogP) is 10.1. The van der Waals surface area contributed by atoms with Gasteiger partial charge in [-0.25, -0.2) is 4.98 Å². The molecule has 192 valence electrons. The van der Waals surface area contributed by atoms with Crippen molar-refractivity contribution in [3.8, 4) is 5.75 Å². The van der Waals surface area contributed by atoms with Crippen LogP contribution in [0.25, 0.3) is 21.8 Å². The van der Waals surface area contributed by atoms with Crippen LogP contribution in [0.2, 0.25) is 0 Å². The van der Waals surface area contributed by atoms with Crippen molar-refractivity contribution in [1.29, 1.82) is 0 Å². The van der Waals surface area contributed by atoms with Crippen LogP contribution in [-0.4, -0.2) is 18.6 Å². The van der Waals surface area contributed by atoms with Gasteiger partial charge in [0.2, 0.25) is 0 Å². The highest BCUT2D eigenvalue weighted by Gasteiger charge is 2.09. The Balaban J connectivity index is 1.28. The van der Waals surface area contributed by atoms with Crippen LogP contribution in [0, 0.1) is 0 Å². The first-order valence-electron chi connectivity index (χ1n) is 14.4. The van der Waals surface area contributed by atoms with Gasteiger partial charge in [-0.05, 0) is 30.7 Å². The van der Waals surface area contributed by atoms with Crippen LogP contribution in [0.1, 0.15) is 110 Å². The number of hydrogen-bond acceptors (Lipinski definition) is 3. The molecule has 3 rings (SSSR count). The molecular weight excluding hydrogens is 428 g/mol. The van der Waals surface area contributed by atoms with Crippen molar-refractivity contribution in [2.45, 2.75) is 110 Å². The summed E-state index contributed by atoms with van der Waals surface area (Å²) in [6.07, 6.45) is 22.4. The molecule has 35 heavy (non-hydrogen) atoms. The molecule has 0 atom stereocenters. The normalized spacial score (nSPS) is 11.4. The molecule has 0 saturated carbocycles. The van der Waals surface area contributed by atoms with E-state index in [0.29, 0.717) is 0 Å². The van der Waals surface area contributed by atoms with Gasteiger partial charge in [-0.2, -0.15) is 0 Å². The molecule has 0 saturated heterocycles. The summed E-state index contributed by atoms with van der Waals surface area (Å²) in [5.41, 5.74) is 3.24. The van der Waals surface area contributed by atoms with Crippen molar-refractivity contribution in [1.82, 2.24) is 4.98 Å². The standard InChI is InChI=1S/C32H48N2O/c1-3-4-5-6-7-8-9-10-11-12-13-14-15-16-17-20-25-33-32-28-21-18-19-22-30(28)34-31-24-23-27(35-2)26-29(31)32/h18-19,21-24,26H,3-17,20,25H2,1-2H3,(H,33,34). The fraction of sp³-hybridized carbons (Fsp3) is 0.594. The molecule has 3 nitrogen and oxygen atoms in total. The molecule has 0 aliphatic carbocycles. The monoisotopic (exact) mass is 476 g/mol. The van der Waals surface area contributed by atoms with Gasteiger partial charge in [0.15, 0.2) is 0 Å². The van der Waals surface area contributed by atoms with Crippen LogP contribution in [0.3, 0.4) is 0 Å². The second-order valence-corrected chi connectivity index (χ2v) is 10.1. The average Bonchev–Trinajstić information content (AvgIpc) is 2.89. The molecule has 1 aromatic heterocycles. The highest BCUT2D eigenvalue weighted by Crippen LogP contribution is 2.33. The molecule has 0 amide bonds. The molecule has 0 radical (unpaired) electrons. The summed E-state index contributed by atoms with van der Waals surface area (Å²) in [7, 11) is 1.72. The number of nitrogens with zero attached hydrogens (tertiary/aromatic N) is 1. The number of nitrogens with one attached hydrogen (secondary N) is 1. The largest absolute Gasteiger partial charge is 0.497 e. The van der Waals surface area contributed by atoms with Gasteiger partial charge >= 0.3 is 0 Å². The fourth-order valence-corrected chi connectivity index (χ4v) is 5.07. The third kappa shape index (κ3) is 9.35. The molecule has 2 aromatic carbocycles. The van der Waals surface area contributed by atoms with Crippen LogP contribution in [0.4, 0.5) is 5.69 Å². The van der Waals surface area contributed by atoms with E-state index in [2.05, 4.69) is 48.6 Å². The van der Waals surface area contributed by atoms with Gasteiger partial charge in [-0.1, -0.05) is 121 Å². The van der Waals surface area contributed by atoms with Crippen molar-refractivity contribution in [3.05, 3.63) is 42.5 Å². The number of anilines is 1. The lowest BCUT2D eigenvalue weighted by Crippen LogP contribution is -2.03. The molecule has 1 heterocycles. The van der Waals surface area contributed by atoms with E-state index in [-0.39, 0.29) is 0 Å². The molecule has 0 unspecified atom stereocenters. The number of benzene rings is 2. The summed E-state index contributed by atoms with van der Waals surface area (Å²) in [6, 6.07) is 14.6. The minimum Gasteiger partial charge on any atom is -0.497 e. The first-order chi connectivity index (χ1) is 17.3. The SMILES string of the molecule is CCCCCCCCCCCCCCCCCCNc1c2ccccc2nc2ccc(OC)cc12. The topological polar surface area (TPSA) is 34.2 Å². The zero-order valence-corrected chi connectivity index (χ0v) is 22.4. The van der Waals surface area contributed by atoms with Gasteiger partial charge in [0.1, 0.15) is 5.75 Å². The van der Waals surface area contributed by atoms with Crippen LogP contribution in [0.15, 0.2) is 42.5 Å². The molecule has 0 aliphatic rings. The van der Waals surface area contributed by atoms with Crippen molar-refractivity contribution < 1.29 is 4.74 Å². The molecule has 3 heteroatoms. The molecule has 0 aliphatic heterocycles. The van der Waals surface area contributed by atoms with Crippen LogP contribution >= 0.6 is 0 Å². The van der Waals surface area contributed by atoms with E-state index in [4.69, 9.17) is 9.72 Å². The van der Waals surface area contributed by atoms with Crippen molar-refractivity contribution in [2.75, 3.05) is 19.0 Å². The number of pyridine rings is 1. The Kier molecular flexibility index (Phi) is 12.8. The molecule has 0 fully saturated rings. The zero-order valence-electron chi connectivity index (χ0n) is 22.4. The van der Waals surface area contributed by atoms with E-state index >= 15 is 0 Å². The summed E-state index contributed by atoms with van der Waals surface area (Å²) in [6.45, 7) is 3.29. The molecule has 3 aromatic rings. The Morgan fingerprint density at radius 2 is 1.17 bits per heavy atom. The second kappa shape index (κ2) is 16.4. The lowest BCUT2D eigenvalue weighted by atomic mass is 10.0. The number of fused-ring (bicyclic) bond motifs is 2. The van der Waals surface area contributed by atoms with Crippen LogP contribution in [-0.2, 0) is 0 Å². The van der Waals surface area contributed by atoms with E-state index in [1.807, 2.05) is 6.07 Å². The van der Waals surface area contributed by atoms with E-state index in [1.165, 1.54) is 114 Å². The maximum atomic E-state index is 5.47. The van der Waals surface area contributed by atoms with Crippen LogP contribution in [0.5, 0.6) is 5.75 Å². The number of hydrogen-bond donors (Lipinski definition) is 1. The van der Waals surface area contributed by atoms with Gasteiger partial charge in [0.25, 0.3) is 0 Å². The van der Waals surface area contributed by atoms with Gasteiger partial charge in [-0.3, -0.25) is 0 Å². The fourth-order valence-electron chi connectivity index (χ4n) is 5.07. The number of rotatable bonds is 19. The molecular formula is C32H48N2O. The maximum absolute atomic E-state index is 5.47. The lowest BCUT2D eigenvalue weighted by Gasteiger charge is -2.14. The predicted molar refractivity (Wildman–Crippen MR) is 154 cm³/mol. The maximum Gasteiger partial charge on any atom is 0.119 e.